The Hall–Kier alpha value is -0.910. The van der Waals surface area contributed by atoms with Crippen LogP contribution < -0.4 is 0 Å². The molecule has 1 aliphatic rings. The van der Waals surface area contributed by atoms with Gasteiger partial charge in [-0.3, -0.25) is 0 Å². The van der Waals surface area contributed by atoms with Gasteiger partial charge in [0.05, 0.1) is 11.5 Å². The van der Waals surface area contributed by atoms with Crippen LogP contribution in [0, 0.1) is 20.8 Å². The number of nitrogens with zero attached hydrogens (tertiary/aromatic N) is 1. The van der Waals surface area contributed by atoms with E-state index in [0.717, 1.165) is 36.0 Å². The molecule has 5 heteroatoms. The lowest BCUT2D eigenvalue weighted by molar-refractivity contribution is 0.155. The van der Waals surface area contributed by atoms with Crippen LogP contribution in [0.2, 0.25) is 0 Å². The van der Waals surface area contributed by atoms with Crippen LogP contribution in [0.3, 0.4) is 0 Å². The minimum atomic E-state index is -3.53. The molecule has 2 rings (SSSR count). The highest BCUT2D eigenvalue weighted by atomic mass is 32.2. The van der Waals surface area contributed by atoms with Crippen molar-refractivity contribution in [2.24, 2.45) is 0 Å². The number of benzene rings is 1. The van der Waals surface area contributed by atoms with Gasteiger partial charge < -0.3 is 5.11 Å². The lowest BCUT2D eigenvalue weighted by Crippen LogP contribution is -2.45. The number of hydrogen-bond acceptors (Lipinski definition) is 3. The van der Waals surface area contributed by atoms with Crippen molar-refractivity contribution in [1.82, 2.24) is 4.31 Å². The van der Waals surface area contributed by atoms with Crippen LogP contribution >= 0.6 is 0 Å². The van der Waals surface area contributed by atoms with Crippen molar-refractivity contribution in [2.45, 2.75) is 51.0 Å². The third-order valence-electron chi connectivity index (χ3n) is 3.96. The first-order valence-electron chi connectivity index (χ1n) is 7.08. The van der Waals surface area contributed by atoms with Crippen molar-refractivity contribution >= 4 is 10.0 Å². The third-order valence-corrected chi connectivity index (χ3v) is 6.21. The molecule has 1 atom stereocenters. The highest BCUT2D eigenvalue weighted by molar-refractivity contribution is 7.89. The number of rotatable bonds is 3. The molecule has 0 spiro atoms. The Morgan fingerprint density at radius 2 is 1.80 bits per heavy atom. The van der Waals surface area contributed by atoms with Gasteiger partial charge in [0, 0.05) is 12.6 Å². The predicted octanol–water partition coefficient (Wildman–Crippen LogP) is 2.15. The summed E-state index contributed by atoms with van der Waals surface area (Å²) < 4.78 is 27.3. The molecule has 1 N–H and O–H groups in total. The highest BCUT2D eigenvalue weighted by Gasteiger charge is 2.34. The van der Waals surface area contributed by atoms with E-state index in [0.29, 0.717) is 11.4 Å². The molecule has 0 aromatic heterocycles. The van der Waals surface area contributed by atoms with E-state index in [9.17, 15) is 13.5 Å². The maximum atomic E-state index is 12.9. The van der Waals surface area contributed by atoms with E-state index in [2.05, 4.69) is 0 Å². The van der Waals surface area contributed by atoms with Gasteiger partial charge in [-0.1, -0.05) is 24.1 Å². The second-order valence-electron chi connectivity index (χ2n) is 5.68. The van der Waals surface area contributed by atoms with Crippen molar-refractivity contribution < 1.29 is 13.5 Å². The average Bonchev–Trinajstić information content (AvgIpc) is 2.37. The molecule has 0 radical (unpaired) electrons. The van der Waals surface area contributed by atoms with E-state index in [-0.39, 0.29) is 12.6 Å². The molecule has 0 amide bonds. The van der Waals surface area contributed by atoms with E-state index in [4.69, 9.17) is 0 Å². The van der Waals surface area contributed by atoms with Crippen LogP contribution in [0.5, 0.6) is 0 Å². The van der Waals surface area contributed by atoms with E-state index >= 15 is 0 Å². The zero-order valence-electron chi connectivity index (χ0n) is 12.4. The van der Waals surface area contributed by atoms with Gasteiger partial charge in [0.2, 0.25) is 10.0 Å². The van der Waals surface area contributed by atoms with Gasteiger partial charge in [-0.15, -0.1) is 0 Å². The third kappa shape index (κ3) is 2.75. The van der Waals surface area contributed by atoms with Crippen molar-refractivity contribution in [3.63, 3.8) is 0 Å². The smallest absolute Gasteiger partial charge is 0.243 e. The van der Waals surface area contributed by atoms with Gasteiger partial charge in [0.15, 0.2) is 0 Å². The van der Waals surface area contributed by atoms with E-state index in [1.165, 1.54) is 4.31 Å². The first-order valence-corrected chi connectivity index (χ1v) is 8.52. The second kappa shape index (κ2) is 5.84. The number of aliphatic hydroxyl groups is 1. The zero-order valence-corrected chi connectivity index (χ0v) is 13.2. The van der Waals surface area contributed by atoms with Gasteiger partial charge in [-0.25, -0.2) is 8.42 Å². The largest absolute Gasteiger partial charge is 0.395 e. The molecule has 20 heavy (non-hydrogen) atoms. The fourth-order valence-corrected chi connectivity index (χ4v) is 5.26. The number of hydrogen-bond donors (Lipinski definition) is 1. The topological polar surface area (TPSA) is 57.6 Å². The summed E-state index contributed by atoms with van der Waals surface area (Å²) >= 11 is 0. The normalized spacial score (nSPS) is 21.1. The molecule has 0 aliphatic carbocycles. The number of aliphatic hydroxyl groups excluding tert-OH is 1. The quantitative estimate of drug-likeness (QED) is 0.930. The van der Waals surface area contributed by atoms with Gasteiger partial charge in [-0.05, 0) is 44.7 Å². The van der Waals surface area contributed by atoms with Crippen molar-refractivity contribution in [1.29, 1.82) is 0 Å². The van der Waals surface area contributed by atoms with Gasteiger partial charge in [0.25, 0.3) is 0 Å². The Bertz CT molecular complexity index is 572. The number of aryl methyl sites for hydroxylation is 3. The maximum absolute atomic E-state index is 12.9. The predicted molar refractivity (Wildman–Crippen MR) is 79.3 cm³/mol. The first-order chi connectivity index (χ1) is 9.37. The molecule has 4 nitrogen and oxygen atoms in total. The van der Waals surface area contributed by atoms with Crippen molar-refractivity contribution in [3.8, 4) is 0 Å². The van der Waals surface area contributed by atoms with Crippen molar-refractivity contribution in [2.75, 3.05) is 13.2 Å². The molecular formula is C15H23NO3S. The standard InChI is InChI=1S/C15H23NO3S/c1-11-8-12(2)15(13(3)9-11)20(18,19)16-7-5-4-6-14(16)10-17/h8-9,14,17H,4-7,10H2,1-3H3. The molecule has 112 valence electrons. The minimum Gasteiger partial charge on any atom is -0.395 e. The van der Waals surface area contributed by atoms with E-state index in [1.807, 2.05) is 32.9 Å². The van der Waals surface area contributed by atoms with Gasteiger partial charge in [-0.2, -0.15) is 4.31 Å². The molecule has 0 bridgehead atoms. The SMILES string of the molecule is Cc1cc(C)c(S(=O)(=O)N2CCCCC2CO)c(C)c1. The highest BCUT2D eigenvalue weighted by Crippen LogP contribution is 2.29. The summed E-state index contributed by atoms with van der Waals surface area (Å²) in [5.74, 6) is 0. The lowest BCUT2D eigenvalue weighted by Gasteiger charge is -2.34. The Balaban J connectivity index is 2.49. The molecule has 1 fully saturated rings. The summed E-state index contributed by atoms with van der Waals surface area (Å²) in [5.41, 5.74) is 2.63. The maximum Gasteiger partial charge on any atom is 0.243 e. The molecule has 0 saturated carbocycles. The fourth-order valence-electron chi connectivity index (χ4n) is 3.16. The number of piperidine rings is 1. The molecular weight excluding hydrogens is 274 g/mol. The fraction of sp³-hybridized carbons (Fsp3) is 0.600. The van der Waals surface area contributed by atoms with Crippen molar-refractivity contribution in [3.05, 3.63) is 28.8 Å². The summed E-state index contributed by atoms with van der Waals surface area (Å²) in [6.45, 7) is 6.03. The zero-order chi connectivity index (χ0) is 14.9. The van der Waals surface area contributed by atoms with Crippen LogP contribution in [-0.2, 0) is 10.0 Å². The Morgan fingerprint density at radius 3 is 2.35 bits per heavy atom. The molecule has 1 heterocycles. The average molecular weight is 297 g/mol. The molecule has 1 aliphatic heterocycles. The van der Waals surface area contributed by atoms with Gasteiger partial charge in [0.1, 0.15) is 0 Å². The molecule has 1 saturated heterocycles. The minimum absolute atomic E-state index is 0.108. The summed E-state index contributed by atoms with van der Waals surface area (Å²) in [5, 5.41) is 9.45. The van der Waals surface area contributed by atoms with Crippen LogP contribution in [0.1, 0.15) is 36.0 Å². The summed E-state index contributed by atoms with van der Waals surface area (Å²) in [4.78, 5) is 0.406. The number of sulfonamides is 1. The van der Waals surface area contributed by atoms with Gasteiger partial charge >= 0.3 is 0 Å². The lowest BCUT2D eigenvalue weighted by atomic mass is 10.1. The van der Waals surface area contributed by atoms with E-state index in [1.54, 1.807) is 0 Å². The van der Waals surface area contributed by atoms with E-state index < -0.39 is 10.0 Å². The summed E-state index contributed by atoms with van der Waals surface area (Å²) in [6, 6.07) is 3.52. The van der Waals surface area contributed by atoms with Crippen LogP contribution in [0.25, 0.3) is 0 Å². The monoisotopic (exact) mass is 297 g/mol. The molecule has 1 aromatic carbocycles. The van der Waals surface area contributed by atoms with Crippen LogP contribution in [-0.4, -0.2) is 37.0 Å². The van der Waals surface area contributed by atoms with Crippen LogP contribution in [0.15, 0.2) is 17.0 Å². The second-order valence-corrected chi connectivity index (χ2v) is 7.50. The Morgan fingerprint density at radius 1 is 1.20 bits per heavy atom. The summed E-state index contributed by atoms with van der Waals surface area (Å²) in [7, 11) is -3.53. The van der Waals surface area contributed by atoms with Crippen LogP contribution in [0.4, 0.5) is 0 Å². The summed E-state index contributed by atoms with van der Waals surface area (Å²) in [6.07, 6.45) is 2.57. The Labute approximate surface area is 121 Å². The molecule has 1 unspecified atom stereocenters. The Kier molecular flexibility index (Phi) is 4.52. The first kappa shape index (κ1) is 15.5. The molecule has 1 aromatic rings.